The van der Waals surface area contributed by atoms with Crippen LogP contribution in [0.2, 0.25) is 0 Å². The van der Waals surface area contributed by atoms with E-state index in [0.29, 0.717) is 18.1 Å². The number of amides is 1. The third-order valence-electron chi connectivity index (χ3n) is 3.45. The molecule has 3 rings (SSSR count). The quantitative estimate of drug-likeness (QED) is 0.748. The molecule has 3 aromatic heterocycles. The minimum atomic E-state index is -0.300. The van der Waals surface area contributed by atoms with E-state index >= 15 is 0 Å². The number of nitrogens with zero attached hydrogens (tertiary/aromatic N) is 4. The number of rotatable bonds is 5. The van der Waals surface area contributed by atoms with Crippen molar-refractivity contribution in [2.75, 3.05) is 11.9 Å². The molecular formula is C15H17N5O2S. The number of thiophene rings is 1. The zero-order valence-electron chi connectivity index (χ0n) is 12.9. The number of aryl methyl sites for hydroxylation is 2. The second kappa shape index (κ2) is 6.35. The van der Waals surface area contributed by atoms with E-state index in [-0.39, 0.29) is 12.5 Å². The Hall–Kier alpha value is -2.45. The summed E-state index contributed by atoms with van der Waals surface area (Å²) in [5.41, 5.74) is 2.01. The molecule has 0 fully saturated rings. The average molecular weight is 331 g/mol. The van der Waals surface area contributed by atoms with Crippen LogP contribution in [0.1, 0.15) is 16.2 Å². The van der Waals surface area contributed by atoms with Crippen molar-refractivity contribution in [1.29, 1.82) is 0 Å². The van der Waals surface area contributed by atoms with E-state index in [0.717, 1.165) is 16.3 Å². The molecular weight excluding hydrogens is 314 g/mol. The second-order valence-electron chi connectivity index (χ2n) is 5.09. The van der Waals surface area contributed by atoms with Crippen LogP contribution in [0.25, 0.3) is 10.6 Å². The van der Waals surface area contributed by atoms with Crippen LogP contribution in [0, 0.1) is 6.92 Å². The number of hydrogen-bond acceptors (Lipinski definition) is 5. The van der Waals surface area contributed by atoms with Crippen LogP contribution in [0.4, 0.5) is 5.82 Å². The van der Waals surface area contributed by atoms with Gasteiger partial charge in [-0.1, -0.05) is 6.07 Å². The Labute approximate surface area is 137 Å². The first-order valence-corrected chi connectivity index (χ1v) is 8.01. The Balaban J connectivity index is 1.87. The molecule has 1 amide bonds. The van der Waals surface area contributed by atoms with Gasteiger partial charge in [-0.15, -0.1) is 11.3 Å². The molecule has 0 atom stereocenters. The summed E-state index contributed by atoms with van der Waals surface area (Å²) < 4.78 is 3.24. The van der Waals surface area contributed by atoms with Crippen LogP contribution in [-0.4, -0.2) is 37.2 Å². The second-order valence-corrected chi connectivity index (χ2v) is 6.04. The highest BCUT2D eigenvalue weighted by Gasteiger charge is 2.16. The number of nitrogens with one attached hydrogen (secondary N) is 1. The fourth-order valence-electron chi connectivity index (χ4n) is 2.18. The number of aliphatic hydroxyl groups excluding tert-OH is 1. The number of hydrogen-bond donors (Lipinski definition) is 2. The van der Waals surface area contributed by atoms with Crippen LogP contribution in [-0.2, 0) is 13.6 Å². The van der Waals surface area contributed by atoms with Gasteiger partial charge in [-0.3, -0.25) is 9.48 Å². The highest BCUT2D eigenvalue weighted by atomic mass is 32.1. The van der Waals surface area contributed by atoms with Gasteiger partial charge in [0.2, 0.25) is 0 Å². The molecule has 0 saturated carbocycles. The van der Waals surface area contributed by atoms with Crippen molar-refractivity contribution >= 4 is 23.1 Å². The summed E-state index contributed by atoms with van der Waals surface area (Å²) >= 11 is 1.57. The molecule has 23 heavy (non-hydrogen) atoms. The highest BCUT2D eigenvalue weighted by Crippen LogP contribution is 2.26. The number of carbonyl (C=O) groups excluding carboxylic acids is 1. The van der Waals surface area contributed by atoms with Gasteiger partial charge in [-0.25, -0.2) is 4.68 Å². The van der Waals surface area contributed by atoms with Gasteiger partial charge in [-0.05, 0) is 24.4 Å². The molecule has 0 aromatic carbocycles. The van der Waals surface area contributed by atoms with Crippen molar-refractivity contribution in [1.82, 2.24) is 19.6 Å². The van der Waals surface area contributed by atoms with E-state index in [1.54, 1.807) is 39.9 Å². The number of anilines is 1. The maximum Gasteiger partial charge on any atom is 0.277 e. The molecule has 0 saturated heterocycles. The zero-order chi connectivity index (χ0) is 16.4. The van der Waals surface area contributed by atoms with Crippen LogP contribution < -0.4 is 5.32 Å². The summed E-state index contributed by atoms with van der Waals surface area (Å²) in [5.74, 6) is 0.237. The summed E-state index contributed by atoms with van der Waals surface area (Å²) in [5, 5.41) is 22.6. The molecule has 0 aliphatic rings. The summed E-state index contributed by atoms with van der Waals surface area (Å²) in [4.78, 5) is 13.3. The van der Waals surface area contributed by atoms with Crippen LogP contribution in [0.15, 0.2) is 29.6 Å². The average Bonchev–Trinajstić information content (AvgIpc) is 3.22. The first-order chi connectivity index (χ1) is 11.1. The monoisotopic (exact) mass is 331 g/mol. The maximum absolute atomic E-state index is 12.3. The van der Waals surface area contributed by atoms with Crippen molar-refractivity contribution < 1.29 is 9.90 Å². The standard InChI is InChI=1S/C15H17N5O2S/c1-10-8-12(17-19(10)2)15(22)16-14-9-11(13-4-3-7-23-13)18-20(14)5-6-21/h3-4,7-9,21H,5-6H2,1-2H3,(H,16,22). The molecule has 8 heteroatoms. The number of aromatic nitrogens is 4. The van der Waals surface area contributed by atoms with Gasteiger partial charge in [0, 0.05) is 18.8 Å². The van der Waals surface area contributed by atoms with Gasteiger partial charge >= 0.3 is 0 Å². The molecule has 0 aliphatic heterocycles. The molecule has 0 radical (unpaired) electrons. The lowest BCUT2D eigenvalue weighted by atomic mass is 10.3. The third kappa shape index (κ3) is 3.17. The molecule has 2 N–H and O–H groups in total. The fourth-order valence-corrected chi connectivity index (χ4v) is 2.86. The van der Waals surface area contributed by atoms with E-state index in [1.807, 2.05) is 24.4 Å². The van der Waals surface area contributed by atoms with Crippen LogP contribution >= 0.6 is 11.3 Å². The Morgan fingerprint density at radius 2 is 2.22 bits per heavy atom. The third-order valence-corrected chi connectivity index (χ3v) is 4.35. The topological polar surface area (TPSA) is 85.0 Å². The van der Waals surface area contributed by atoms with Gasteiger partial charge in [-0.2, -0.15) is 10.2 Å². The summed E-state index contributed by atoms with van der Waals surface area (Å²) in [7, 11) is 1.79. The first kappa shape index (κ1) is 15.4. The summed E-state index contributed by atoms with van der Waals surface area (Å²) in [6.07, 6.45) is 0. The Kier molecular flexibility index (Phi) is 4.26. The predicted molar refractivity (Wildman–Crippen MR) is 88.5 cm³/mol. The van der Waals surface area contributed by atoms with Gasteiger partial charge < -0.3 is 10.4 Å². The molecule has 0 bridgehead atoms. The van der Waals surface area contributed by atoms with Crippen molar-refractivity contribution in [3.63, 3.8) is 0 Å². The minimum Gasteiger partial charge on any atom is -0.394 e. The summed E-state index contributed by atoms with van der Waals surface area (Å²) in [6, 6.07) is 7.43. The molecule has 120 valence electrons. The molecule has 3 heterocycles. The minimum absolute atomic E-state index is 0.0584. The Morgan fingerprint density at radius 3 is 2.83 bits per heavy atom. The van der Waals surface area contributed by atoms with E-state index in [2.05, 4.69) is 15.5 Å². The first-order valence-electron chi connectivity index (χ1n) is 7.13. The molecule has 7 nitrogen and oxygen atoms in total. The van der Waals surface area contributed by atoms with Gasteiger partial charge in [0.05, 0.1) is 18.0 Å². The highest BCUT2D eigenvalue weighted by molar-refractivity contribution is 7.13. The van der Waals surface area contributed by atoms with Crippen molar-refractivity contribution in [2.24, 2.45) is 7.05 Å². The predicted octanol–water partition coefficient (Wildman–Crippen LogP) is 1.90. The normalized spacial score (nSPS) is 10.9. The van der Waals surface area contributed by atoms with Crippen molar-refractivity contribution in [3.05, 3.63) is 41.0 Å². The fraction of sp³-hybridized carbons (Fsp3) is 0.267. The molecule has 0 spiro atoms. The number of aliphatic hydroxyl groups is 1. The molecule has 0 aliphatic carbocycles. The molecule has 0 unspecified atom stereocenters. The van der Waals surface area contributed by atoms with Crippen molar-refractivity contribution in [2.45, 2.75) is 13.5 Å². The zero-order valence-corrected chi connectivity index (χ0v) is 13.7. The largest absolute Gasteiger partial charge is 0.394 e. The summed E-state index contributed by atoms with van der Waals surface area (Å²) in [6.45, 7) is 2.13. The molecule has 3 aromatic rings. The lowest BCUT2D eigenvalue weighted by molar-refractivity contribution is 0.102. The van der Waals surface area contributed by atoms with Gasteiger partial charge in [0.1, 0.15) is 11.5 Å². The van der Waals surface area contributed by atoms with E-state index < -0.39 is 0 Å². The van der Waals surface area contributed by atoms with Gasteiger partial charge in [0.25, 0.3) is 5.91 Å². The van der Waals surface area contributed by atoms with Crippen LogP contribution in [0.5, 0.6) is 0 Å². The SMILES string of the molecule is Cc1cc(C(=O)Nc2cc(-c3cccs3)nn2CCO)nn1C. The van der Waals surface area contributed by atoms with Gasteiger partial charge in [0.15, 0.2) is 5.69 Å². The Morgan fingerprint density at radius 1 is 1.39 bits per heavy atom. The van der Waals surface area contributed by atoms with E-state index in [1.165, 1.54) is 0 Å². The lowest BCUT2D eigenvalue weighted by Gasteiger charge is -2.05. The van der Waals surface area contributed by atoms with E-state index in [9.17, 15) is 9.90 Å². The van der Waals surface area contributed by atoms with Crippen molar-refractivity contribution in [3.8, 4) is 10.6 Å². The lowest BCUT2D eigenvalue weighted by Crippen LogP contribution is -2.17. The number of carbonyl (C=O) groups is 1. The smallest absolute Gasteiger partial charge is 0.277 e. The van der Waals surface area contributed by atoms with E-state index in [4.69, 9.17) is 0 Å². The van der Waals surface area contributed by atoms with Crippen LogP contribution in [0.3, 0.4) is 0 Å². The Bertz CT molecular complexity index is 800. The maximum atomic E-state index is 12.3.